The molecule has 152 valence electrons. The number of nitrogens with zero attached hydrogens (tertiary/aromatic N) is 1. The summed E-state index contributed by atoms with van der Waals surface area (Å²) >= 11 is 0. The summed E-state index contributed by atoms with van der Waals surface area (Å²) in [7, 11) is -3.63. The number of carbonyl (C=O) groups is 1. The topological polar surface area (TPSA) is 66.5 Å². The molecule has 0 aliphatic rings. The number of hydrogen-bond donors (Lipinski definition) is 1. The highest BCUT2D eigenvalue weighted by atomic mass is 32.2. The first-order chi connectivity index (χ1) is 13.0. The number of aryl methyl sites for hydroxylation is 3. The largest absolute Gasteiger partial charge is 0.348 e. The number of carbonyl (C=O) groups excluding carboxylic acids is 1. The van der Waals surface area contributed by atoms with E-state index in [0.29, 0.717) is 5.69 Å². The van der Waals surface area contributed by atoms with Crippen molar-refractivity contribution in [3.8, 4) is 0 Å². The highest BCUT2D eigenvalue weighted by molar-refractivity contribution is 7.92. The number of anilines is 1. The van der Waals surface area contributed by atoms with Crippen molar-refractivity contribution in [2.24, 2.45) is 0 Å². The lowest BCUT2D eigenvalue weighted by Gasteiger charge is -2.29. The van der Waals surface area contributed by atoms with E-state index in [2.05, 4.69) is 12.2 Å². The van der Waals surface area contributed by atoms with Crippen LogP contribution in [0.5, 0.6) is 0 Å². The summed E-state index contributed by atoms with van der Waals surface area (Å²) in [6, 6.07) is 12.4. The molecule has 1 amide bonds. The van der Waals surface area contributed by atoms with Crippen LogP contribution in [-0.4, -0.2) is 26.6 Å². The Bertz CT molecular complexity index is 937. The highest BCUT2D eigenvalue weighted by Gasteiger charge is 2.30. The van der Waals surface area contributed by atoms with E-state index in [1.807, 2.05) is 51.1 Å². The van der Waals surface area contributed by atoms with Gasteiger partial charge in [0.2, 0.25) is 15.9 Å². The molecule has 28 heavy (non-hydrogen) atoms. The predicted octanol–water partition coefficient (Wildman–Crippen LogP) is 3.90. The SMILES string of the molecule is CCc1ccc(C(C)NC(=O)C(C)N(c2ccc(C)c(C)c2)S(C)(=O)=O)cc1. The van der Waals surface area contributed by atoms with Gasteiger partial charge in [0.1, 0.15) is 6.04 Å². The van der Waals surface area contributed by atoms with Gasteiger partial charge in [-0.25, -0.2) is 8.42 Å². The van der Waals surface area contributed by atoms with Gasteiger partial charge in [-0.3, -0.25) is 9.10 Å². The third-order valence-corrected chi connectivity index (χ3v) is 6.32. The van der Waals surface area contributed by atoms with Crippen LogP contribution in [-0.2, 0) is 21.2 Å². The maximum Gasteiger partial charge on any atom is 0.244 e. The maximum absolute atomic E-state index is 12.8. The van der Waals surface area contributed by atoms with Gasteiger partial charge in [0, 0.05) is 0 Å². The Labute approximate surface area is 168 Å². The first-order valence-corrected chi connectivity index (χ1v) is 11.3. The number of hydrogen-bond acceptors (Lipinski definition) is 3. The van der Waals surface area contributed by atoms with Crippen LogP contribution in [0.4, 0.5) is 5.69 Å². The van der Waals surface area contributed by atoms with Crippen LogP contribution in [0.25, 0.3) is 0 Å². The molecular formula is C22H30N2O3S. The van der Waals surface area contributed by atoms with Crippen molar-refractivity contribution in [2.45, 2.75) is 53.1 Å². The molecule has 0 aliphatic heterocycles. The second-order valence-corrected chi connectivity index (χ2v) is 9.19. The molecule has 2 aromatic rings. The first kappa shape index (κ1) is 22.0. The summed E-state index contributed by atoms with van der Waals surface area (Å²) in [6.45, 7) is 9.48. The van der Waals surface area contributed by atoms with E-state index in [9.17, 15) is 13.2 Å². The minimum Gasteiger partial charge on any atom is -0.348 e. The zero-order chi connectivity index (χ0) is 21.1. The lowest BCUT2D eigenvalue weighted by atomic mass is 10.0. The maximum atomic E-state index is 12.8. The Morgan fingerprint density at radius 1 is 1.04 bits per heavy atom. The minimum atomic E-state index is -3.63. The molecule has 2 atom stereocenters. The van der Waals surface area contributed by atoms with E-state index in [4.69, 9.17) is 0 Å². The molecule has 0 saturated heterocycles. The van der Waals surface area contributed by atoms with E-state index in [0.717, 1.165) is 29.4 Å². The number of benzene rings is 2. The van der Waals surface area contributed by atoms with Crippen molar-refractivity contribution >= 4 is 21.6 Å². The average molecular weight is 403 g/mol. The quantitative estimate of drug-likeness (QED) is 0.764. The molecule has 1 N–H and O–H groups in total. The number of amides is 1. The number of rotatable bonds is 7. The number of nitrogens with one attached hydrogen (secondary N) is 1. The molecule has 0 aromatic heterocycles. The molecule has 2 aromatic carbocycles. The summed E-state index contributed by atoms with van der Waals surface area (Å²) in [5, 5.41) is 2.94. The van der Waals surface area contributed by atoms with Crippen LogP contribution in [0, 0.1) is 13.8 Å². The molecular weight excluding hydrogens is 372 g/mol. The van der Waals surface area contributed by atoms with Gasteiger partial charge in [-0.15, -0.1) is 0 Å². The van der Waals surface area contributed by atoms with Gasteiger partial charge >= 0.3 is 0 Å². The smallest absolute Gasteiger partial charge is 0.244 e. The Kier molecular flexibility index (Phi) is 6.88. The molecule has 2 rings (SSSR count). The molecule has 2 unspecified atom stereocenters. The zero-order valence-electron chi connectivity index (χ0n) is 17.5. The van der Waals surface area contributed by atoms with Crippen molar-refractivity contribution in [3.05, 3.63) is 64.7 Å². The standard InChI is InChI=1S/C22H30N2O3S/c1-7-19-9-11-20(12-10-19)17(4)23-22(25)18(5)24(28(6,26)27)21-13-8-15(2)16(3)14-21/h8-14,17-18H,7H2,1-6H3,(H,23,25). The highest BCUT2D eigenvalue weighted by Crippen LogP contribution is 2.24. The van der Waals surface area contributed by atoms with Crippen molar-refractivity contribution in [3.63, 3.8) is 0 Å². The van der Waals surface area contributed by atoms with E-state index in [1.54, 1.807) is 19.1 Å². The normalized spacial score (nSPS) is 13.6. The van der Waals surface area contributed by atoms with Gasteiger partial charge in [-0.2, -0.15) is 0 Å². The van der Waals surface area contributed by atoms with Crippen LogP contribution < -0.4 is 9.62 Å². The summed E-state index contributed by atoms with van der Waals surface area (Å²) in [5.74, 6) is -0.337. The van der Waals surface area contributed by atoms with Gasteiger partial charge in [0.05, 0.1) is 18.0 Å². The van der Waals surface area contributed by atoms with Crippen LogP contribution in [0.1, 0.15) is 49.1 Å². The summed E-state index contributed by atoms with van der Waals surface area (Å²) in [6.07, 6.45) is 2.08. The Hall–Kier alpha value is -2.34. The second-order valence-electron chi connectivity index (χ2n) is 7.33. The Morgan fingerprint density at radius 3 is 2.14 bits per heavy atom. The van der Waals surface area contributed by atoms with Gasteiger partial charge in [-0.1, -0.05) is 37.3 Å². The second kappa shape index (κ2) is 8.78. The molecule has 0 aliphatic carbocycles. The molecule has 0 fully saturated rings. The lowest BCUT2D eigenvalue weighted by Crippen LogP contribution is -2.48. The minimum absolute atomic E-state index is 0.220. The fraction of sp³-hybridized carbons (Fsp3) is 0.409. The van der Waals surface area contributed by atoms with Crippen molar-refractivity contribution in [1.82, 2.24) is 5.32 Å². The summed E-state index contributed by atoms with van der Waals surface area (Å²) in [5.41, 5.74) is 4.75. The number of sulfonamides is 1. The molecule has 0 bridgehead atoms. The van der Waals surface area contributed by atoms with Crippen LogP contribution >= 0.6 is 0 Å². The zero-order valence-corrected chi connectivity index (χ0v) is 18.3. The fourth-order valence-corrected chi connectivity index (χ4v) is 4.30. The van der Waals surface area contributed by atoms with Crippen LogP contribution in [0.15, 0.2) is 42.5 Å². The van der Waals surface area contributed by atoms with Crippen LogP contribution in [0.3, 0.4) is 0 Å². The third kappa shape index (κ3) is 5.13. The summed E-state index contributed by atoms with van der Waals surface area (Å²) < 4.78 is 26.1. The molecule has 0 radical (unpaired) electrons. The van der Waals surface area contributed by atoms with E-state index in [1.165, 1.54) is 9.87 Å². The van der Waals surface area contributed by atoms with Gasteiger partial charge in [-0.05, 0) is 68.5 Å². The van der Waals surface area contributed by atoms with E-state index >= 15 is 0 Å². The van der Waals surface area contributed by atoms with Crippen molar-refractivity contribution < 1.29 is 13.2 Å². The third-order valence-electron chi connectivity index (χ3n) is 5.08. The van der Waals surface area contributed by atoms with Gasteiger partial charge in [0.15, 0.2) is 0 Å². The molecule has 5 nitrogen and oxygen atoms in total. The first-order valence-electron chi connectivity index (χ1n) is 9.50. The molecule has 6 heteroatoms. The molecule has 0 heterocycles. The van der Waals surface area contributed by atoms with Crippen molar-refractivity contribution in [2.75, 3.05) is 10.6 Å². The Morgan fingerprint density at radius 2 is 1.64 bits per heavy atom. The van der Waals surface area contributed by atoms with Crippen LogP contribution in [0.2, 0.25) is 0 Å². The Balaban J connectivity index is 2.24. The predicted molar refractivity (Wildman–Crippen MR) is 115 cm³/mol. The molecule has 0 spiro atoms. The fourth-order valence-electron chi connectivity index (χ4n) is 3.13. The molecule has 0 saturated carbocycles. The van der Waals surface area contributed by atoms with Gasteiger partial charge < -0.3 is 5.32 Å². The monoisotopic (exact) mass is 402 g/mol. The van der Waals surface area contributed by atoms with E-state index in [-0.39, 0.29) is 11.9 Å². The average Bonchev–Trinajstić information content (AvgIpc) is 2.63. The lowest BCUT2D eigenvalue weighted by molar-refractivity contribution is -0.122. The van der Waals surface area contributed by atoms with Crippen molar-refractivity contribution in [1.29, 1.82) is 0 Å². The summed E-state index contributed by atoms with van der Waals surface area (Å²) in [4.78, 5) is 12.8. The van der Waals surface area contributed by atoms with E-state index < -0.39 is 16.1 Å². The van der Waals surface area contributed by atoms with Gasteiger partial charge in [0.25, 0.3) is 0 Å².